The van der Waals surface area contributed by atoms with Crippen LogP contribution in [0, 0.1) is 0 Å². The average Bonchev–Trinajstić information content (AvgIpc) is 2.27. The number of nitrogens with one attached hydrogen (secondary N) is 1. The van der Waals surface area contributed by atoms with Gasteiger partial charge in [-0.2, -0.15) is 0 Å². The minimum absolute atomic E-state index is 0.0246. The highest BCUT2D eigenvalue weighted by molar-refractivity contribution is 5.94. The lowest BCUT2D eigenvalue weighted by molar-refractivity contribution is -0.142. The molecule has 1 fully saturated rings. The van der Waals surface area contributed by atoms with Gasteiger partial charge in [-0.3, -0.25) is 9.59 Å². The summed E-state index contributed by atoms with van der Waals surface area (Å²) in [4.78, 5) is 24.6. The maximum atomic E-state index is 11.8. The average molecular weight is 218 g/mol. The van der Waals surface area contributed by atoms with Crippen molar-refractivity contribution in [1.82, 2.24) is 10.2 Å². The minimum atomic E-state index is -0.423. The van der Waals surface area contributed by atoms with Gasteiger partial charge in [0, 0.05) is 13.5 Å². The first kappa shape index (κ1) is 10.7. The van der Waals surface area contributed by atoms with Crippen LogP contribution in [0.25, 0.3) is 0 Å². The van der Waals surface area contributed by atoms with Gasteiger partial charge in [0.05, 0.1) is 6.54 Å². The molecular weight excluding hydrogens is 204 g/mol. The Morgan fingerprint density at radius 2 is 2.00 bits per heavy atom. The van der Waals surface area contributed by atoms with Crippen LogP contribution >= 0.6 is 0 Å². The molecule has 1 aromatic carbocycles. The molecule has 0 radical (unpaired) electrons. The van der Waals surface area contributed by atoms with E-state index in [9.17, 15) is 9.59 Å². The van der Waals surface area contributed by atoms with E-state index in [1.165, 1.54) is 4.90 Å². The summed E-state index contributed by atoms with van der Waals surface area (Å²) in [5.74, 6) is -0.119. The Bertz CT molecular complexity index is 403. The van der Waals surface area contributed by atoms with Crippen LogP contribution < -0.4 is 5.32 Å². The number of rotatable bonds is 2. The van der Waals surface area contributed by atoms with Crippen molar-refractivity contribution in [3.63, 3.8) is 0 Å². The van der Waals surface area contributed by atoms with Gasteiger partial charge in [-0.25, -0.2) is 0 Å². The normalized spacial score (nSPS) is 20.8. The quantitative estimate of drug-likeness (QED) is 0.770. The Kier molecular flexibility index (Phi) is 2.90. The lowest BCUT2D eigenvalue weighted by Crippen LogP contribution is -2.57. The highest BCUT2D eigenvalue weighted by Gasteiger charge is 2.30. The highest BCUT2D eigenvalue weighted by Crippen LogP contribution is 2.08. The van der Waals surface area contributed by atoms with Gasteiger partial charge in [0.1, 0.15) is 6.04 Å². The third-order valence-electron chi connectivity index (χ3n) is 2.67. The smallest absolute Gasteiger partial charge is 0.245 e. The molecule has 1 aliphatic rings. The Hall–Kier alpha value is -1.84. The van der Waals surface area contributed by atoms with Gasteiger partial charge in [-0.1, -0.05) is 30.3 Å². The third-order valence-corrected chi connectivity index (χ3v) is 2.67. The topological polar surface area (TPSA) is 49.4 Å². The molecule has 16 heavy (non-hydrogen) atoms. The van der Waals surface area contributed by atoms with Crippen LogP contribution in [-0.4, -0.2) is 36.3 Å². The molecule has 1 N–H and O–H groups in total. The largest absolute Gasteiger partial charge is 0.342 e. The number of piperazine rings is 1. The van der Waals surface area contributed by atoms with Crippen LogP contribution in [0.3, 0.4) is 0 Å². The van der Waals surface area contributed by atoms with Crippen LogP contribution in [0.2, 0.25) is 0 Å². The molecule has 1 atom stereocenters. The van der Waals surface area contributed by atoms with E-state index in [0.717, 1.165) is 5.56 Å². The van der Waals surface area contributed by atoms with Gasteiger partial charge in [0.25, 0.3) is 0 Å². The summed E-state index contributed by atoms with van der Waals surface area (Å²) in [6.45, 7) is 0.157. The standard InChI is InChI=1S/C12H14N2O2/c1-14-8-11(15)13-10(12(14)16)7-9-5-3-2-4-6-9/h2-6,10H,7-8H2,1H3,(H,13,15)/t10-/m1/s1. The number of hydrogen-bond acceptors (Lipinski definition) is 2. The second kappa shape index (κ2) is 4.35. The molecule has 4 nitrogen and oxygen atoms in total. The van der Waals surface area contributed by atoms with Crippen molar-refractivity contribution < 1.29 is 9.59 Å². The molecular formula is C12H14N2O2. The van der Waals surface area contributed by atoms with Crippen LogP contribution in [0.15, 0.2) is 30.3 Å². The first-order valence-electron chi connectivity index (χ1n) is 5.25. The number of benzene rings is 1. The van der Waals surface area contributed by atoms with Crippen molar-refractivity contribution in [1.29, 1.82) is 0 Å². The van der Waals surface area contributed by atoms with E-state index >= 15 is 0 Å². The number of hydrogen-bond donors (Lipinski definition) is 1. The fraction of sp³-hybridized carbons (Fsp3) is 0.333. The van der Waals surface area contributed by atoms with Crippen LogP contribution in [0.4, 0.5) is 0 Å². The van der Waals surface area contributed by atoms with E-state index in [4.69, 9.17) is 0 Å². The molecule has 4 heteroatoms. The zero-order valence-corrected chi connectivity index (χ0v) is 9.14. The van der Waals surface area contributed by atoms with E-state index in [1.807, 2.05) is 30.3 Å². The van der Waals surface area contributed by atoms with E-state index in [-0.39, 0.29) is 18.4 Å². The van der Waals surface area contributed by atoms with E-state index < -0.39 is 6.04 Å². The van der Waals surface area contributed by atoms with E-state index in [0.29, 0.717) is 6.42 Å². The number of amides is 2. The monoisotopic (exact) mass is 218 g/mol. The SMILES string of the molecule is CN1CC(=O)N[C@H](Cc2ccccc2)C1=O. The fourth-order valence-electron chi connectivity index (χ4n) is 1.85. The molecule has 0 unspecified atom stereocenters. The van der Waals surface area contributed by atoms with Crippen molar-refractivity contribution >= 4 is 11.8 Å². The molecule has 1 saturated heterocycles. The summed E-state index contributed by atoms with van der Waals surface area (Å²) in [5, 5.41) is 2.71. The fourth-order valence-corrected chi connectivity index (χ4v) is 1.85. The van der Waals surface area contributed by atoms with Crippen LogP contribution in [0.1, 0.15) is 5.56 Å². The minimum Gasteiger partial charge on any atom is -0.342 e. The maximum Gasteiger partial charge on any atom is 0.245 e. The summed E-state index contributed by atoms with van der Waals surface area (Å²) >= 11 is 0. The molecule has 2 rings (SSSR count). The van der Waals surface area contributed by atoms with Crippen molar-refractivity contribution in [2.45, 2.75) is 12.5 Å². The Balaban J connectivity index is 2.09. The molecule has 84 valence electrons. The van der Waals surface area contributed by atoms with Crippen LogP contribution in [-0.2, 0) is 16.0 Å². The van der Waals surface area contributed by atoms with Crippen molar-refractivity contribution in [3.8, 4) is 0 Å². The number of carbonyl (C=O) groups is 2. The molecule has 0 spiro atoms. The molecule has 2 amide bonds. The summed E-state index contributed by atoms with van der Waals surface area (Å²) in [6.07, 6.45) is 0.551. The molecule has 0 saturated carbocycles. The first-order chi connectivity index (χ1) is 7.66. The predicted molar refractivity (Wildman–Crippen MR) is 59.7 cm³/mol. The number of likely N-dealkylation sites (N-methyl/N-ethyl adjacent to an activating group) is 1. The first-order valence-corrected chi connectivity index (χ1v) is 5.25. The summed E-state index contributed by atoms with van der Waals surface area (Å²) < 4.78 is 0. The van der Waals surface area contributed by atoms with Crippen molar-refractivity contribution in [2.75, 3.05) is 13.6 Å². The van der Waals surface area contributed by atoms with Gasteiger partial charge in [0.2, 0.25) is 11.8 Å². The molecule has 1 heterocycles. The maximum absolute atomic E-state index is 11.8. The Labute approximate surface area is 94.2 Å². The molecule has 0 aliphatic carbocycles. The molecule has 0 aromatic heterocycles. The lowest BCUT2D eigenvalue weighted by atomic mass is 10.0. The molecule has 0 bridgehead atoms. The van der Waals surface area contributed by atoms with Gasteiger partial charge < -0.3 is 10.2 Å². The second-order valence-electron chi connectivity index (χ2n) is 4.00. The zero-order valence-electron chi connectivity index (χ0n) is 9.14. The lowest BCUT2D eigenvalue weighted by Gasteiger charge is -2.29. The zero-order chi connectivity index (χ0) is 11.5. The van der Waals surface area contributed by atoms with E-state index in [2.05, 4.69) is 5.32 Å². The highest BCUT2D eigenvalue weighted by atomic mass is 16.2. The predicted octanol–water partition coefficient (Wildman–Crippen LogP) is 0.186. The summed E-state index contributed by atoms with van der Waals surface area (Å²) in [7, 11) is 1.65. The number of carbonyl (C=O) groups excluding carboxylic acids is 2. The second-order valence-corrected chi connectivity index (χ2v) is 4.00. The van der Waals surface area contributed by atoms with Gasteiger partial charge in [0.15, 0.2) is 0 Å². The van der Waals surface area contributed by atoms with Crippen molar-refractivity contribution in [3.05, 3.63) is 35.9 Å². The Morgan fingerprint density at radius 3 is 2.69 bits per heavy atom. The molecule has 1 aliphatic heterocycles. The summed E-state index contributed by atoms with van der Waals surface area (Å²) in [6, 6.07) is 9.26. The van der Waals surface area contributed by atoms with Crippen LogP contribution in [0.5, 0.6) is 0 Å². The van der Waals surface area contributed by atoms with Crippen molar-refractivity contribution in [2.24, 2.45) is 0 Å². The molecule has 1 aromatic rings. The van der Waals surface area contributed by atoms with Gasteiger partial charge in [-0.15, -0.1) is 0 Å². The third kappa shape index (κ3) is 2.21. The van der Waals surface area contributed by atoms with Gasteiger partial charge in [-0.05, 0) is 5.56 Å². The van der Waals surface area contributed by atoms with Gasteiger partial charge >= 0.3 is 0 Å². The number of nitrogens with zero attached hydrogens (tertiary/aromatic N) is 1. The summed E-state index contributed by atoms with van der Waals surface area (Å²) in [5.41, 5.74) is 1.05. The Morgan fingerprint density at radius 1 is 1.31 bits per heavy atom. The van der Waals surface area contributed by atoms with E-state index in [1.54, 1.807) is 7.05 Å².